The summed E-state index contributed by atoms with van der Waals surface area (Å²) in [6.45, 7) is 7.72. The van der Waals surface area contributed by atoms with Crippen molar-refractivity contribution in [2.24, 2.45) is 11.8 Å². The van der Waals surface area contributed by atoms with Crippen LogP contribution in [0.25, 0.3) is 5.78 Å². The summed E-state index contributed by atoms with van der Waals surface area (Å²) >= 11 is 0. The van der Waals surface area contributed by atoms with E-state index in [4.69, 9.17) is 4.74 Å². The molecule has 2 aromatic rings. The van der Waals surface area contributed by atoms with Crippen LogP contribution in [0.3, 0.4) is 0 Å². The molecule has 0 radical (unpaired) electrons. The van der Waals surface area contributed by atoms with Crippen LogP contribution in [0.4, 0.5) is 0 Å². The van der Waals surface area contributed by atoms with Gasteiger partial charge in [0, 0.05) is 17.4 Å². The van der Waals surface area contributed by atoms with Gasteiger partial charge < -0.3 is 10.1 Å². The minimum atomic E-state index is -0.729. The number of hydrogen-bond acceptors (Lipinski definition) is 6. The number of aryl methyl sites for hydroxylation is 2. The lowest BCUT2D eigenvalue weighted by Gasteiger charge is -2.34. The first kappa shape index (κ1) is 18.3. The fourth-order valence-corrected chi connectivity index (χ4v) is 3.48. The maximum absolute atomic E-state index is 12.2. The molecule has 2 heterocycles. The van der Waals surface area contributed by atoms with E-state index in [0.29, 0.717) is 17.6 Å². The van der Waals surface area contributed by atoms with E-state index in [1.165, 1.54) is 10.9 Å². The maximum Gasteiger partial charge on any atom is 0.378 e. The number of carbonyl (C=O) groups is 2. The topological polar surface area (TPSA) is 98.5 Å². The van der Waals surface area contributed by atoms with Crippen molar-refractivity contribution in [3.05, 3.63) is 23.3 Å². The Balaban J connectivity index is 1.58. The summed E-state index contributed by atoms with van der Waals surface area (Å²) in [7, 11) is 0. The molecule has 1 aliphatic rings. The highest BCUT2D eigenvalue weighted by Crippen LogP contribution is 2.29. The van der Waals surface area contributed by atoms with Gasteiger partial charge in [0.1, 0.15) is 0 Å². The average molecular weight is 359 g/mol. The SMILES string of the molecule is Cc1cc(C)n2nc(C(=O)OCC(=O)N[C@H]3CCC[C@@H](C)[C@@H]3C)nc2n1. The first-order valence-corrected chi connectivity index (χ1v) is 9.02. The summed E-state index contributed by atoms with van der Waals surface area (Å²) in [5.41, 5.74) is 1.61. The van der Waals surface area contributed by atoms with Gasteiger partial charge in [0.2, 0.25) is 0 Å². The molecule has 3 rings (SSSR count). The molecule has 2 aromatic heterocycles. The van der Waals surface area contributed by atoms with Crippen molar-refractivity contribution in [2.45, 2.75) is 53.0 Å². The van der Waals surface area contributed by atoms with Crippen LogP contribution in [-0.4, -0.2) is 44.1 Å². The second kappa shape index (κ2) is 7.39. The molecule has 0 spiro atoms. The summed E-state index contributed by atoms with van der Waals surface area (Å²) in [6, 6.07) is 1.98. The third-order valence-corrected chi connectivity index (χ3v) is 5.19. The lowest BCUT2D eigenvalue weighted by atomic mass is 9.78. The van der Waals surface area contributed by atoms with Crippen LogP contribution in [0.1, 0.15) is 55.1 Å². The second-order valence-corrected chi connectivity index (χ2v) is 7.20. The number of nitrogens with one attached hydrogen (secondary N) is 1. The zero-order valence-electron chi connectivity index (χ0n) is 15.7. The molecule has 1 saturated carbocycles. The minimum Gasteiger partial charge on any atom is -0.450 e. The molecular weight excluding hydrogens is 334 g/mol. The van der Waals surface area contributed by atoms with E-state index in [1.807, 2.05) is 19.9 Å². The molecule has 1 N–H and O–H groups in total. The number of carbonyl (C=O) groups excluding carboxylic acids is 2. The Kier molecular flexibility index (Phi) is 5.20. The van der Waals surface area contributed by atoms with Gasteiger partial charge in [-0.3, -0.25) is 4.79 Å². The molecule has 1 fully saturated rings. The first-order chi connectivity index (χ1) is 12.3. The number of esters is 1. The lowest BCUT2D eigenvalue weighted by molar-refractivity contribution is -0.125. The molecule has 0 aliphatic heterocycles. The smallest absolute Gasteiger partial charge is 0.378 e. The molecule has 140 valence electrons. The van der Waals surface area contributed by atoms with Crippen molar-refractivity contribution >= 4 is 17.7 Å². The highest BCUT2D eigenvalue weighted by atomic mass is 16.5. The fourth-order valence-electron chi connectivity index (χ4n) is 3.48. The fraction of sp³-hybridized carbons (Fsp3) is 0.611. The van der Waals surface area contributed by atoms with Crippen molar-refractivity contribution < 1.29 is 14.3 Å². The molecule has 0 saturated heterocycles. The predicted octanol–water partition coefficient (Wildman–Crippen LogP) is 1.84. The second-order valence-electron chi connectivity index (χ2n) is 7.20. The van der Waals surface area contributed by atoms with E-state index in [-0.39, 0.29) is 24.4 Å². The van der Waals surface area contributed by atoms with Gasteiger partial charge in [0.25, 0.3) is 17.5 Å². The summed E-state index contributed by atoms with van der Waals surface area (Å²) in [4.78, 5) is 32.6. The quantitative estimate of drug-likeness (QED) is 0.837. The van der Waals surface area contributed by atoms with Crippen molar-refractivity contribution in [1.82, 2.24) is 24.9 Å². The molecule has 8 nitrogen and oxygen atoms in total. The molecule has 3 atom stereocenters. The normalized spacial score (nSPS) is 23.0. The number of fused-ring (bicyclic) bond motifs is 1. The highest BCUT2D eigenvalue weighted by molar-refractivity contribution is 5.88. The van der Waals surface area contributed by atoms with Gasteiger partial charge >= 0.3 is 5.97 Å². The van der Waals surface area contributed by atoms with Gasteiger partial charge in [0.05, 0.1) is 0 Å². The molecular formula is C18H25N5O3. The first-order valence-electron chi connectivity index (χ1n) is 9.02. The Morgan fingerprint density at radius 3 is 2.81 bits per heavy atom. The molecule has 0 aromatic carbocycles. The van der Waals surface area contributed by atoms with Crippen LogP contribution in [0.15, 0.2) is 6.07 Å². The van der Waals surface area contributed by atoms with E-state index >= 15 is 0 Å². The number of nitrogens with zero attached hydrogens (tertiary/aromatic N) is 4. The van der Waals surface area contributed by atoms with E-state index in [1.54, 1.807) is 0 Å². The Bertz CT molecular complexity index is 832. The average Bonchev–Trinajstić information content (AvgIpc) is 3.01. The van der Waals surface area contributed by atoms with E-state index in [9.17, 15) is 9.59 Å². The van der Waals surface area contributed by atoms with Crippen LogP contribution < -0.4 is 5.32 Å². The number of aromatic nitrogens is 4. The number of amides is 1. The van der Waals surface area contributed by atoms with Gasteiger partial charge in [0.15, 0.2) is 6.61 Å². The Hall–Kier alpha value is -2.51. The van der Waals surface area contributed by atoms with Gasteiger partial charge in [-0.2, -0.15) is 4.98 Å². The van der Waals surface area contributed by atoms with E-state index < -0.39 is 5.97 Å². The van der Waals surface area contributed by atoms with Gasteiger partial charge in [-0.15, -0.1) is 5.10 Å². The van der Waals surface area contributed by atoms with Gasteiger partial charge in [-0.05, 0) is 38.2 Å². The number of hydrogen-bond donors (Lipinski definition) is 1. The predicted molar refractivity (Wildman–Crippen MR) is 94.6 cm³/mol. The largest absolute Gasteiger partial charge is 0.450 e. The molecule has 1 amide bonds. The zero-order chi connectivity index (χ0) is 18.8. The van der Waals surface area contributed by atoms with Crippen LogP contribution in [0.5, 0.6) is 0 Å². The lowest BCUT2D eigenvalue weighted by Crippen LogP contribution is -2.45. The number of ether oxygens (including phenoxy) is 1. The van der Waals surface area contributed by atoms with Gasteiger partial charge in [-0.25, -0.2) is 14.3 Å². The standard InChI is InChI=1S/C18H25N5O3/c1-10-6-5-7-14(13(10)4)20-15(24)9-26-17(25)16-21-18-19-11(2)8-12(3)23(18)22-16/h8,10,13-14H,5-7,9H2,1-4H3,(H,20,24)/t10-,13+,14+/m1/s1. The van der Waals surface area contributed by atoms with Crippen molar-refractivity contribution in [1.29, 1.82) is 0 Å². The third-order valence-electron chi connectivity index (χ3n) is 5.19. The molecule has 0 bridgehead atoms. The monoisotopic (exact) mass is 359 g/mol. The maximum atomic E-state index is 12.2. The van der Waals surface area contributed by atoms with Crippen molar-refractivity contribution in [3.8, 4) is 0 Å². The van der Waals surface area contributed by atoms with Crippen LogP contribution in [-0.2, 0) is 9.53 Å². The van der Waals surface area contributed by atoms with Crippen LogP contribution in [0, 0.1) is 25.7 Å². The molecule has 26 heavy (non-hydrogen) atoms. The summed E-state index contributed by atoms with van der Waals surface area (Å²) < 4.78 is 6.56. The number of rotatable bonds is 4. The Morgan fingerprint density at radius 2 is 2.04 bits per heavy atom. The van der Waals surface area contributed by atoms with Crippen molar-refractivity contribution in [3.63, 3.8) is 0 Å². The van der Waals surface area contributed by atoms with Gasteiger partial charge in [-0.1, -0.05) is 26.7 Å². The summed E-state index contributed by atoms with van der Waals surface area (Å²) in [6.07, 6.45) is 3.26. The molecule has 0 unspecified atom stereocenters. The summed E-state index contributed by atoms with van der Waals surface area (Å²) in [5.74, 6) is 0.215. The van der Waals surface area contributed by atoms with Crippen LogP contribution in [0.2, 0.25) is 0 Å². The minimum absolute atomic E-state index is 0.0985. The molecule has 8 heteroatoms. The van der Waals surface area contributed by atoms with Crippen molar-refractivity contribution in [2.75, 3.05) is 6.61 Å². The Labute approximate surface area is 152 Å². The van der Waals surface area contributed by atoms with Crippen LogP contribution >= 0.6 is 0 Å². The van der Waals surface area contributed by atoms with E-state index in [0.717, 1.165) is 24.2 Å². The highest BCUT2D eigenvalue weighted by Gasteiger charge is 2.28. The third kappa shape index (κ3) is 3.84. The Morgan fingerprint density at radius 1 is 1.27 bits per heavy atom. The van der Waals surface area contributed by atoms with E-state index in [2.05, 4.69) is 34.2 Å². The summed E-state index contributed by atoms with van der Waals surface area (Å²) in [5, 5.41) is 7.08. The molecule has 1 aliphatic carbocycles. The zero-order valence-corrected chi connectivity index (χ0v) is 15.7.